The van der Waals surface area contributed by atoms with Crippen molar-refractivity contribution in [2.24, 2.45) is 0 Å². The first-order chi connectivity index (χ1) is 12.1. The molecule has 1 N–H and O–H groups in total. The second-order valence-corrected chi connectivity index (χ2v) is 9.43. The van der Waals surface area contributed by atoms with E-state index in [-0.39, 0.29) is 9.79 Å². The van der Waals surface area contributed by atoms with E-state index in [1.54, 1.807) is 19.1 Å². The zero-order valence-corrected chi connectivity index (χ0v) is 16.5. The van der Waals surface area contributed by atoms with Crippen molar-refractivity contribution in [2.75, 3.05) is 20.5 Å². The molecule has 7 nitrogen and oxygen atoms in total. The van der Waals surface area contributed by atoms with Crippen LogP contribution in [0.3, 0.4) is 0 Å². The van der Waals surface area contributed by atoms with Crippen molar-refractivity contribution in [3.8, 4) is 11.5 Å². The summed E-state index contributed by atoms with van der Waals surface area (Å²) in [6.07, 6.45) is 1.12. The number of methoxy groups -OCH3 is 2. The highest BCUT2D eigenvalue weighted by atomic mass is 32.2. The first-order valence-electron chi connectivity index (χ1n) is 7.63. The number of hydrogen-bond donors (Lipinski definition) is 1. The maximum atomic E-state index is 12.6. The van der Waals surface area contributed by atoms with Crippen LogP contribution in [0.2, 0.25) is 0 Å². The van der Waals surface area contributed by atoms with Crippen LogP contribution >= 0.6 is 0 Å². The molecule has 0 bridgehead atoms. The predicted octanol–water partition coefficient (Wildman–Crippen LogP) is 2.15. The Hall–Kier alpha value is -2.10. The lowest BCUT2D eigenvalue weighted by atomic mass is 10.1. The number of nitrogens with one attached hydrogen (secondary N) is 1. The van der Waals surface area contributed by atoms with Gasteiger partial charge in [-0.15, -0.1) is 0 Å². The first kappa shape index (κ1) is 20.2. The fourth-order valence-electron chi connectivity index (χ4n) is 2.36. The lowest BCUT2D eigenvalue weighted by molar-refractivity contribution is 0.354. The Morgan fingerprint density at radius 3 is 1.88 bits per heavy atom. The van der Waals surface area contributed by atoms with E-state index in [0.717, 1.165) is 6.26 Å². The Balaban J connectivity index is 2.26. The van der Waals surface area contributed by atoms with E-state index >= 15 is 0 Å². The van der Waals surface area contributed by atoms with Gasteiger partial charge in [-0.25, -0.2) is 21.6 Å². The molecule has 0 saturated heterocycles. The molecule has 1 atom stereocenters. The Morgan fingerprint density at radius 1 is 0.846 bits per heavy atom. The van der Waals surface area contributed by atoms with Crippen molar-refractivity contribution in [3.05, 3.63) is 48.0 Å². The van der Waals surface area contributed by atoms with Crippen LogP contribution in [0.25, 0.3) is 0 Å². The number of rotatable bonds is 7. The number of ether oxygens (including phenoxy) is 2. The Bertz CT molecular complexity index is 982. The third-order valence-electron chi connectivity index (χ3n) is 3.81. The molecule has 2 aromatic carbocycles. The normalized spacial score (nSPS) is 13.2. The van der Waals surface area contributed by atoms with Crippen LogP contribution in [0, 0.1) is 0 Å². The lowest BCUT2D eigenvalue weighted by Gasteiger charge is -2.16. The minimum absolute atomic E-state index is 0.0368. The van der Waals surface area contributed by atoms with E-state index in [4.69, 9.17) is 9.47 Å². The Labute approximate surface area is 153 Å². The predicted molar refractivity (Wildman–Crippen MR) is 97.8 cm³/mol. The number of benzene rings is 2. The van der Waals surface area contributed by atoms with Gasteiger partial charge in [-0.2, -0.15) is 0 Å². The van der Waals surface area contributed by atoms with Gasteiger partial charge in [0, 0.05) is 18.4 Å². The van der Waals surface area contributed by atoms with Crippen LogP contribution in [0.5, 0.6) is 11.5 Å². The molecule has 0 aromatic heterocycles. The summed E-state index contributed by atoms with van der Waals surface area (Å²) in [7, 11) is -4.22. The Kier molecular flexibility index (Phi) is 5.94. The summed E-state index contributed by atoms with van der Waals surface area (Å²) in [6, 6.07) is 9.82. The summed E-state index contributed by atoms with van der Waals surface area (Å²) in [6.45, 7) is 1.67. The van der Waals surface area contributed by atoms with Crippen molar-refractivity contribution in [3.63, 3.8) is 0 Å². The van der Waals surface area contributed by atoms with Crippen LogP contribution in [0.1, 0.15) is 18.5 Å². The van der Waals surface area contributed by atoms with Gasteiger partial charge in [0.25, 0.3) is 0 Å². The number of sulfone groups is 1. The molecule has 0 radical (unpaired) electrons. The summed E-state index contributed by atoms with van der Waals surface area (Å²) in [5.41, 5.74) is 0.640. The molecule has 0 aliphatic rings. The van der Waals surface area contributed by atoms with Gasteiger partial charge in [0.15, 0.2) is 21.3 Å². The highest BCUT2D eigenvalue weighted by Gasteiger charge is 2.20. The van der Waals surface area contributed by atoms with Gasteiger partial charge in [0.2, 0.25) is 10.0 Å². The minimum Gasteiger partial charge on any atom is -0.493 e. The molecule has 142 valence electrons. The van der Waals surface area contributed by atoms with Crippen molar-refractivity contribution in [1.29, 1.82) is 0 Å². The van der Waals surface area contributed by atoms with Crippen molar-refractivity contribution >= 4 is 19.9 Å². The molecule has 0 fully saturated rings. The largest absolute Gasteiger partial charge is 0.493 e. The lowest BCUT2D eigenvalue weighted by Crippen LogP contribution is -2.27. The van der Waals surface area contributed by atoms with Gasteiger partial charge in [-0.3, -0.25) is 0 Å². The fraction of sp³-hybridized carbons (Fsp3) is 0.294. The summed E-state index contributed by atoms with van der Waals surface area (Å²) >= 11 is 0. The zero-order valence-electron chi connectivity index (χ0n) is 14.9. The van der Waals surface area contributed by atoms with E-state index in [0.29, 0.717) is 17.1 Å². The van der Waals surface area contributed by atoms with Crippen molar-refractivity contribution in [2.45, 2.75) is 22.8 Å². The SMILES string of the molecule is COc1ccc(S(=O)(=O)N[C@H](C)c2ccc(S(C)(=O)=O)cc2)cc1OC. The number of sulfonamides is 1. The van der Waals surface area contributed by atoms with Crippen LogP contribution < -0.4 is 14.2 Å². The third kappa shape index (κ3) is 4.54. The molecular weight excluding hydrogens is 378 g/mol. The maximum Gasteiger partial charge on any atom is 0.241 e. The number of hydrogen-bond acceptors (Lipinski definition) is 6. The molecule has 26 heavy (non-hydrogen) atoms. The average Bonchev–Trinajstić information content (AvgIpc) is 2.60. The summed E-state index contributed by atoms with van der Waals surface area (Å²) < 4.78 is 61.0. The molecule has 9 heteroatoms. The summed E-state index contributed by atoms with van der Waals surface area (Å²) in [5.74, 6) is 0.733. The first-order valence-corrected chi connectivity index (χ1v) is 11.0. The second kappa shape index (κ2) is 7.65. The van der Waals surface area contributed by atoms with Crippen molar-refractivity contribution < 1.29 is 26.3 Å². The van der Waals surface area contributed by atoms with E-state index < -0.39 is 25.9 Å². The third-order valence-corrected chi connectivity index (χ3v) is 6.47. The van der Waals surface area contributed by atoms with Crippen LogP contribution in [0.15, 0.2) is 52.3 Å². The smallest absolute Gasteiger partial charge is 0.241 e. The summed E-state index contributed by atoms with van der Waals surface area (Å²) in [5, 5.41) is 0. The van der Waals surface area contributed by atoms with Gasteiger partial charge in [0.1, 0.15) is 0 Å². The molecule has 0 aliphatic heterocycles. The van der Waals surface area contributed by atoms with Crippen molar-refractivity contribution in [1.82, 2.24) is 4.72 Å². The van der Waals surface area contributed by atoms with Gasteiger partial charge in [-0.1, -0.05) is 12.1 Å². The average molecular weight is 399 g/mol. The summed E-state index contributed by atoms with van der Waals surface area (Å²) in [4.78, 5) is 0.214. The molecule has 0 amide bonds. The molecule has 2 rings (SSSR count). The molecule has 0 saturated carbocycles. The van der Waals surface area contributed by atoms with Gasteiger partial charge in [0.05, 0.1) is 24.0 Å². The fourth-order valence-corrected chi connectivity index (χ4v) is 4.23. The quantitative estimate of drug-likeness (QED) is 0.766. The van der Waals surface area contributed by atoms with Gasteiger partial charge < -0.3 is 9.47 Å². The van der Waals surface area contributed by atoms with Crippen LogP contribution in [-0.2, 0) is 19.9 Å². The molecule has 0 unspecified atom stereocenters. The van der Waals surface area contributed by atoms with Gasteiger partial charge >= 0.3 is 0 Å². The van der Waals surface area contributed by atoms with Gasteiger partial charge in [-0.05, 0) is 36.8 Å². The Morgan fingerprint density at radius 2 is 1.38 bits per heavy atom. The van der Waals surface area contributed by atoms with Crippen LogP contribution in [-0.4, -0.2) is 37.3 Å². The highest BCUT2D eigenvalue weighted by molar-refractivity contribution is 7.90. The molecular formula is C17H21NO6S2. The van der Waals surface area contributed by atoms with E-state index in [2.05, 4.69) is 4.72 Å². The molecule has 0 spiro atoms. The standard InChI is InChI=1S/C17H21NO6S2/c1-12(13-5-7-14(8-6-13)25(4,19)20)18-26(21,22)15-9-10-16(23-2)17(11-15)24-3/h5-12,18H,1-4H3/t12-/m1/s1. The topological polar surface area (TPSA) is 98.8 Å². The molecule has 0 heterocycles. The maximum absolute atomic E-state index is 12.6. The highest BCUT2D eigenvalue weighted by Crippen LogP contribution is 2.30. The van der Waals surface area contributed by atoms with E-state index in [9.17, 15) is 16.8 Å². The second-order valence-electron chi connectivity index (χ2n) is 5.70. The van der Waals surface area contributed by atoms with E-state index in [1.807, 2.05) is 0 Å². The van der Waals surface area contributed by atoms with Crippen LogP contribution in [0.4, 0.5) is 0 Å². The minimum atomic E-state index is -3.81. The molecule has 0 aliphatic carbocycles. The monoisotopic (exact) mass is 399 g/mol. The van der Waals surface area contributed by atoms with E-state index in [1.165, 1.54) is 44.6 Å². The molecule has 2 aromatic rings. The zero-order chi connectivity index (χ0) is 19.5.